The van der Waals surface area contributed by atoms with Crippen LogP contribution in [0, 0.1) is 6.92 Å². The Bertz CT molecular complexity index is 420. The van der Waals surface area contributed by atoms with E-state index in [0.717, 1.165) is 11.5 Å². The van der Waals surface area contributed by atoms with Crippen molar-refractivity contribution in [3.05, 3.63) is 17.6 Å². The highest BCUT2D eigenvalue weighted by Crippen LogP contribution is 2.23. The molecule has 0 bridgehead atoms. The van der Waals surface area contributed by atoms with Gasteiger partial charge in [-0.05, 0) is 19.8 Å². The standard InChI is InChI=1S/C14H25N5O/c1-11-9-13(18-15)17-14(16-11)10-19(7-8-20)12-5-3-2-4-6-12/h9,12,20H,2-8,10,15H2,1H3,(H,16,17,18). The fraction of sp³-hybridized carbons (Fsp3) is 0.714. The van der Waals surface area contributed by atoms with Crippen LogP contribution in [-0.4, -0.2) is 39.2 Å². The lowest BCUT2D eigenvalue weighted by Gasteiger charge is -2.33. The van der Waals surface area contributed by atoms with Crippen LogP contribution >= 0.6 is 0 Å². The molecule has 4 N–H and O–H groups in total. The number of aliphatic hydroxyl groups excluding tert-OH is 1. The van der Waals surface area contributed by atoms with Crippen LogP contribution in [0.4, 0.5) is 5.82 Å². The summed E-state index contributed by atoms with van der Waals surface area (Å²) in [5.74, 6) is 6.83. The molecule has 112 valence electrons. The number of hydrazine groups is 1. The van der Waals surface area contributed by atoms with Gasteiger partial charge in [0.1, 0.15) is 11.6 Å². The molecule has 0 amide bonds. The van der Waals surface area contributed by atoms with Crippen LogP contribution in [-0.2, 0) is 6.54 Å². The SMILES string of the molecule is Cc1cc(NN)nc(CN(CCO)C2CCCCC2)n1. The van der Waals surface area contributed by atoms with Gasteiger partial charge >= 0.3 is 0 Å². The topological polar surface area (TPSA) is 87.3 Å². The molecule has 1 aromatic heterocycles. The van der Waals surface area contributed by atoms with E-state index in [1.807, 2.05) is 13.0 Å². The summed E-state index contributed by atoms with van der Waals surface area (Å²) in [5.41, 5.74) is 3.47. The second kappa shape index (κ2) is 7.52. The number of nitrogens with two attached hydrogens (primary N) is 1. The van der Waals surface area contributed by atoms with Gasteiger partial charge in [-0.3, -0.25) is 4.90 Å². The predicted octanol–water partition coefficient (Wildman–Crippen LogP) is 1.20. The first-order chi connectivity index (χ1) is 9.72. The Kier molecular flexibility index (Phi) is 5.70. The summed E-state index contributed by atoms with van der Waals surface area (Å²) in [6.07, 6.45) is 6.28. The third-order valence-corrected chi connectivity index (χ3v) is 3.87. The Morgan fingerprint density at radius 1 is 1.35 bits per heavy atom. The summed E-state index contributed by atoms with van der Waals surface area (Å²) in [5, 5.41) is 9.29. The maximum absolute atomic E-state index is 9.29. The van der Waals surface area contributed by atoms with Crippen LogP contribution in [0.3, 0.4) is 0 Å². The van der Waals surface area contributed by atoms with Crippen LogP contribution < -0.4 is 11.3 Å². The molecule has 6 heteroatoms. The molecule has 1 fully saturated rings. The summed E-state index contributed by atoms with van der Waals surface area (Å²) < 4.78 is 0. The van der Waals surface area contributed by atoms with Crippen molar-refractivity contribution < 1.29 is 5.11 Å². The van der Waals surface area contributed by atoms with Crippen LogP contribution in [0.5, 0.6) is 0 Å². The maximum atomic E-state index is 9.29. The summed E-state index contributed by atoms with van der Waals surface area (Å²) in [6, 6.07) is 2.36. The van der Waals surface area contributed by atoms with Gasteiger partial charge in [-0.15, -0.1) is 0 Å². The molecule has 1 aliphatic carbocycles. The molecule has 2 rings (SSSR count). The predicted molar refractivity (Wildman–Crippen MR) is 78.9 cm³/mol. The third-order valence-electron chi connectivity index (χ3n) is 3.87. The van der Waals surface area contributed by atoms with E-state index in [1.165, 1.54) is 32.1 Å². The van der Waals surface area contributed by atoms with Crippen LogP contribution in [0.2, 0.25) is 0 Å². The third kappa shape index (κ3) is 4.13. The van der Waals surface area contributed by atoms with Crippen molar-refractivity contribution in [3.8, 4) is 0 Å². The van der Waals surface area contributed by atoms with E-state index in [-0.39, 0.29) is 6.61 Å². The van der Waals surface area contributed by atoms with Crippen molar-refractivity contribution >= 4 is 5.82 Å². The molecular weight excluding hydrogens is 254 g/mol. The number of aromatic nitrogens is 2. The summed E-state index contributed by atoms with van der Waals surface area (Å²) in [6.45, 7) is 3.45. The minimum absolute atomic E-state index is 0.171. The van der Waals surface area contributed by atoms with E-state index in [1.54, 1.807) is 0 Å². The molecule has 0 unspecified atom stereocenters. The number of aliphatic hydroxyl groups is 1. The average molecular weight is 279 g/mol. The zero-order valence-electron chi connectivity index (χ0n) is 12.2. The lowest BCUT2D eigenvalue weighted by molar-refractivity contribution is 0.114. The fourth-order valence-electron chi connectivity index (χ4n) is 2.92. The van der Waals surface area contributed by atoms with E-state index < -0.39 is 0 Å². The van der Waals surface area contributed by atoms with Crippen molar-refractivity contribution in [1.29, 1.82) is 0 Å². The van der Waals surface area contributed by atoms with E-state index in [2.05, 4.69) is 20.3 Å². The van der Waals surface area contributed by atoms with Crippen molar-refractivity contribution in [2.75, 3.05) is 18.6 Å². The second-order valence-corrected chi connectivity index (χ2v) is 5.44. The highest BCUT2D eigenvalue weighted by atomic mass is 16.3. The number of nitrogens with one attached hydrogen (secondary N) is 1. The Balaban J connectivity index is 2.08. The lowest BCUT2D eigenvalue weighted by Crippen LogP contribution is -2.38. The molecule has 0 aromatic carbocycles. The van der Waals surface area contributed by atoms with Crippen LogP contribution in [0.1, 0.15) is 43.6 Å². The zero-order chi connectivity index (χ0) is 14.4. The highest BCUT2D eigenvalue weighted by molar-refractivity contribution is 5.33. The van der Waals surface area contributed by atoms with Crippen LogP contribution in [0.15, 0.2) is 6.07 Å². The van der Waals surface area contributed by atoms with E-state index in [0.29, 0.717) is 24.9 Å². The minimum atomic E-state index is 0.171. The maximum Gasteiger partial charge on any atom is 0.145 e. The largest absolute Gasteiger partial charge is 0.395 e. The van der Waals surface area contributed by atoms with Crippen molar-refractivity contribution in [2.24, 2.45) is 5.84 Å². The first-order valence-electron chi connectivity index (χ1n) is 7.39. The fourth-order valence-corrected chi connectivity index (χ4v) is 2.92. The molecule has 1 saturated carbocycles. The number of nitrogens with zero attached hydrogens (tertiary/aromatic N) is 3. The Morgan fingerprint density at radius 2 is 2.10 bits per heavy atom. The Morgan fingerprint density at radius 3 is 2.75 bits per heavy atom. The van der Waals surface area contributed by atoms with Gasteiger partial charge in [0.05, 0.1) is 13.2 Å². The van der Waals surface area contributed by atoms with Gasteiger partial charge in [-0.2, -0.15) is 0 Å². The molecule has 6 nitrogen and oxygen atoms in total. The second-order valence-electron chi connectivity index (χ2n) is 5.44. The van der Waals surface area contributed by atoms with Crippen molar-refractivity contribution in [2.45, 2.75) is 51.6 Å². The normalized spacial score (nSPS) is 16.6. The lowest BCUT2D eigenvalue weighted by atomic mass is 9.94. The number of aryl methyl sites for hydroxylation is 1. The molecule has 1 heterocycles. The van der Waals surface area contributed by atoms with Gasteiger partial charge in [-0.1, -0.05) is 19.3 Å². The number of rotatable bonds is 6. The van der Waals surface area contributed by atoms with Gasteiger partial charge in [-0.25, -0.2) is 15.8 Å². The molecule has 20 heavy (non-hydrogen) atoms. The van der Waals surface area contributed by atoms with E-state index >= 15 is 0 Å². The van der Waals surface area contributed by atoms with Gasteiger partial charge in [0.2, 0.25) is 0 Å². The number of hydrogen-bond donors (Lipinski definition) is 3. The van der Waals surface area contributed by atoms with Crippen molar-refractivity contribution in [3.63, 3.8) is 0 Å². The Labute approximate surface area is 120 Å². The van der Waals surface area contributed by atoms with Gasteiger partial charge in [0.15, 0.2) is 0 Å². The quantitative estimate of drug-likeness (QED) is 0.536. The van der Waals surface area contributed by atoms with E-state index in [4.69, 9.17) is 5.84 Å². The number of nitrogen functional groups attached to an aromatic ring is 1. The zero-order valence-corrected chi connectivity index (χ0v) is 12.2. The summed E-state index contributed by atoms with van der Waals surface area (Å²) in [7, 11) is 0. The molecule has 0 atom stereocenters. The first kappa shape index (κ1) is 15.2. The van der Waals surface area contributed by atoms with Gasteiger partial charge < -0.3 is 10.5 Å². The molecule has 0 radical (unpaired) electrons. The molecular formula is C14H25N5O. The minimum Gasteiger partial charge on any atom is -0.395 e. The smallest absolute Gasteiger partial charge is 0.145 e. The molecule has 1 aliphatic rings. The average Bonchev–Trinajstić information content (AvgIpc) is 2.47. The monoisotopic (exact) mass is 279 g/mol. The molecule has 1 aromatic rings. The summed E-state index contributed by atoms with van der Waals surface area (Å²) >= 11 is 0. The highest BCUT2D eigenvalue weighted by Gasteiger charge is 2.21. The van der Waals surface area contributed by atoms with Crippen molar-refractivity contribution in [1.82, 2.24) is 14.9 Å². The van der Waals surface area contributed by atoms with Crippen LogP contribution in [0.25, 0.3) is 0 Å². The number of hydrogen-bond acceptors (Lipinski definition) is 6. The summed E-state index contributed by atoms with van der Waals surface area (Å²) in [4.78, 5) is 11.2. The first-order valence-corrected chi connectivity index (χ1v) is 7.39. The number of anilines is 1. The molecule has 0 saturated heterocycles. The molecule has 0 spiro atoms. The molecule has 0 aliphatic heterocycles. The van der Waals surface area contributed by atoms with Gasteiger partial charge in [0.25, 0.3) is 0 Å². The Hall–Kier alpha value is -1.24. The van der Waals surface area contributed by atoms with Gasteiger partial charge in [0, 0.05) is 24.3 Å². The van der Waals surface area contributed by atoms with E-state index in [9.17, 15) is 5.11 Å².